The molecule has 7 nitrogen and oxygen atoms in total. The zero-order valence-corrected chi connectivity index (χ0v) is 15.8. The number of hydrogen-bond acceptors (Lipinski definition) is 7. The molecule has 1 saturated heterocycles. The minimum atomic E-state index is -0.0672. The molecular formula is C16H23ClN6OS. The van der Waals surface area contributed by atoms with E-state index in [4.69, 9.17) is 0 Å². The maximum atomic E-state index is 11.6. The second kappa shape index (κ2) is 9.67. The van der Waals surface area contributed by atoms with Crippen molar-refractivity contribution in [2.45, 2.75) is 6.54 Å². The third-order valence-corrected chi connectivity index (χ3v) is 4.67. The number of hydrogen-bond donors (Lipinski definition) is 2. The van der Waals surface area contributed by atoms with Crippen LogP contribution in [-0.4, -0.2) is 60.5 Å². The number of halogens is 1. The maximum absolute atomic E-state index is 11.6. The normalized spacial score (nSPS) is 14.8. The van der Waals surface area contributed by atoms with Gasteiger partial charge in [0.05, 0.1) is 12.2 Å². The Kier molecular flexibility index (Phi) is 7.57. The number of anilines is 2. The first-order valence-electron chi connectivity index (χ1n) is 8.02. The van der Waals surface area contributed by atoms with Gasteiger partial charge in [-0.05, 0) is 19.2 Å². The van der Waals surface area contributed by atoms with Gasteiger partial charge in [0.2, 0.25) is 5.91 Å². The van der Waals surface area contributed by atoms with Crippen LogP contribution in [0.15, 0.2) is 29.8 Å². The summed E-state index contributed by atoms with van der Waals surface area (Å²) in [6.07, 6.45) is 1.83. The van der Waals surface area contributed by atoms with Crippen molar-refractivity contribution in [1.29, 1.82) is 0 Å². The van der Waals surface area contributed by atoms with E-state index in [2.05, 4.69) is 36.5 Å². The molecule has 2 aromatic rings. The predicted molar refractivity (Wildman–Crippen MR) is 104 cm³/mol. The number of thiazole rings is 1. The zero-order chi connectivity index (χ0) is 16.8. The number of nitrogens with one attached hydrogen (secondary N) is 2. The Labute approximate surface area is 157 Å². The quantitative estimate of drug-likeness (QED) is 0.787. The molecule has 2 N–H and O–H groups in total. The SMILES string of the molecule is CNCC(=O)Nc1nc(CN2CCN(c3ccccn3)CC2)cs1.Cl. The van der Waals surface area contributed by atoms with Crippen LogP contribution < -0.4 is 15.5 Å². The maximum Gasteiger partial charge on any atom is 0.240 e. The van der Waals surface area contributed by atoms with Crippen LogP contribution in [0.4, 0.5) is 10.9 Å². The molecule has 3 heterocycles. The molecule has 0 atom stereocenters. The Bertz CT molecular complexity index is 660. The second-order valence-electron chi connectivity index (χ2n) is 5.67. The number of nitrogens with zero attached hydrogens (tertiary/aromatic N) is 4. The van der Waals surface area contributed by atoms with E-state index in [-0.39, 0.29) is 18.3 Å². The van der Waals surface area contributed by atoms with Gasteiger partial charge >= 0.3 is 0 Å². The molecule has 1 fully saturated rings. The van der Waals surface area contributed by atoms with Gasteiger partial charge in [-0.3, -0.25) is 9.69 Å². The summed E-state index contributed by atoms with van der Waals surface area (Å²) in [5.74, 6) is 0.975. The monoisotopic (exact) mass is 382 g/mol. The van der Waals surface area contributed by atoms with Crippen LogP contribution in [0.25, 0.3) is 0 Å². The van der Waals surface area contributed by atoms with E-state index < -0.39 is 0 Å². The average Bonchev–Trinajstić information content (AvgIpc) is 3.03. The summed E-state index contributed by atoms with van der Waals surface area (Å²) in [5, 5.41) is 8.30. The Hall–Kier alpha value is -1.74. The van der Waals surface area contributed by atoms with Crippen molar-refractivity contribution in [3.63, 3.8) is 0 Å². The lowest BCUT2D eigenvalue weighted by atomic mass is 10.3. The van der Waals surface area contributed by atoms with Crippen LogP contribution in [0.3, 0.4) is 0 Å². The summed E-state index contributed by atoms with van der Waals surface area (Å²) in [7, 11) is 1.75. The molecule has 0 aromatic carbocycles. The van der Waals surface area contributed by atoms with E-state index in [1.165, 1.54) is 11.3 Å². The Balaban J connectivity index is 0.00000225. The molecule has 0 bridgehead atoms. The van der Waals surface area contributed by atoms with Gasteiger partial charge in [0.15, 0.2) is 5.13 Å². The number of piperazine rings is 1. The number of pyridine rings is 1. The molecule has 0 spiro atoms. The van der Waals surface area contributed by atoms with Crippen molar-refractivity contribution in [2.75, 3.05) is 50.0 Å². The number of carbonyl (C=O) groups is 1. The van der Waals surface area contributed by atoms with Crippen molar-refractivity contribution >= 4 is 40.6 Å². The van der Waals surface area contributed by atoms with Crippen LogP contribution >= 0.6 is 23.7 Å². The van der Waals surface area contributed by atoms with Crippen LogP contribution in [-0.2, 0) is 11.3 Å². The summed E-state index contributed by atoms with van der Waals surface area (Å²) < 4.78 is 0. The number of rotatable bonds is 6. The van der Waals surface area contributed by atoms with E-state index in [9.17, 15) is 4.79 Å². The molecule has 1 aliphatic heterocycles. The van der Waals surface area contributed by atoms with Crippen molar-refractivity contribution in [1.82, 2.24) is 20.2 Å². The van der Waals surface area contributed by atoms with Gasteiger partial charge in [-0.15, -0.1) is 23.7 Å². The topological polar surface area (TPSA) is 73.4 Å². The molecule has 0 unspecified atom stereocenters. The van der Waals surface area contributed by atoms with E-state index in [1.807, 2.05) is 23.7 Å². The highest BCUT2D eigenvalue weighted by molar-refractivity contribution is 7.13. The molecule has 0 saturated carbocycles. The highest BCUT2D eigenvalue weighted by Crippen LogP contribution is 2.18. The molecule has 136 valence electrons. The molecule has 3 rings (SSSR count). The first-order chi connectivity index (χ1) is 11.7. The van der Waals surface area contributed by atoms with Crippen LogP contribution in [0.5, 0.6) is 0 Å². The number of aromatic nitrogens is 2. The Morgan fingerprint density at radius 3 is 2.76 bits per heavy atom. The molecular weight excluding hydrogens is 360 g/mol. The molecule has 1 amide bonds. The summed E-state index contributed by atoms with van der Waals surface area (Å²) in [6, 6.07) is 6.01. The lowest BCUT2D eigenvalue weighted by molar-refractivity contribution is -0.115. The fourth-order valence-corrected chi connectivity index (χ4v) is 3.38. The summed E-state index contributed by atoms with van der Waals surface area (Å²) in [6.45, 7) is 5.00. The fourth-order valence-electron chi connectivity index (χ4n) is 2.67. The molecule has 0 aliphatic carbocycles. The Morgan fingerprint density at radius 1 is 1.28 bits per heavy atom. The van der Waals surface area contributed by atoms with E-state index in [0.29, 0.717) is 11.7 Å². The van der Waals surface area contributed by atoms with E-state index in [1.54, 1.807) is 7.05 Å². The average molecular weight is 383 g/mol. The van der Waals surface area contributed by atoms with E-state index in [0.717, 1.165) is 44.2 Å². The number of likely N-dealkylation sites (N-methyl/N-ethyl adjacent to an activating group) is 1. The van der Waals surface area contributed by atoms with Gasteiger partial charge in [0, 0.05) is 44.3 Å². The van der Waals surface area contributed by atoms with E-state index >= 15 is 0 Å². The van der Waals surface area contributed by atoms with Crippen molar-refractivity contribution in [3.05, 3.63) is 35.5 Å². The van der Waals surface area contributed by atoms with Crippen molar-refractivity contribution in [2.24, 2.45) is 0 Å². The zero-order valence-electron chi connectivity index (χ0n) is 14.1. The lowest BCUT2D eigenvalue weighted by Crippen LogP contribution is -2.46. The second-order valence-corrected chi connectivity index (χ2v) is 6.53. The largest absolute Gasteiger partial charge is 0.354 e. The lowest BCUT2D eigenvalue weighted by Gasteiger charge is -2.35. The highest BCUT2D eigenvalue weighted by atomic mass is 35.5. The third-order valence-electron chi connectivity index (χ3n) is 3.87. The standard InChI is InChI=1S/C16H22N6OS.ClH/c1-17-10-15(23)20-16-19-13(12-24-16)11-21-6-8-22(9-7-21)14-4-2-3-5-18-14;/h2-5,12,17H,6-11H2,1H3,(H,19,20,23);1H. The van der Waals surface area contributed by atoms with Gasteiger partial charge in [0.1, 0.15) is 5.82 Å². The van der Waals surface area contributed by atoms with Gasteiger partial charge < -0.3 is 15.5 Å². The highest BCUT2D eigenvalue weighted by Gasteiger charge is 2.18. The molecule has 2 aromatic heterocycles. The number of carbonyl (C=O) groups excluding carboxylic acids is 1. The minimum absolute atomic E-state index is 0. The molecule has 1 aliphatic rings. The van der Waals surface area contributed by atoms with Gasteiger partial charge in [-0.1, -0.05) is 6.07 Å². The van der Waals surface area contributed by atoms with Gasteiger partial charge in [-0.2, -0.15) is 0 Å². The van der Waals surface area contributed by atoms with Crippen molar-refractivity contribution in [3.8, 4) is 0 Å². The minimum Gasteiger partial charge on any atom is -0.354 e. The molecule has 0 radical (unpaired) electrons. The first kappa shape index (κ1) is 19.6. The summed E-state index contributed by atoms with van der Waals surface area (Å²) >= 11 is 1.47. The Morgan fingerprint density at radius 2 is 2.08 bits per heavy atom. The predicted octanol–water partition coefficient (Wildman–Crippen LogP) is 1.44. The summed E-state index contributed by atoms with van der Waals surface area (Å²) in [5.41, 5.74) is 1.01. The van der Waals surface area contributed by atoms with Crippen molar-refractivity contribution < 1.29 is 4.79 Å². The van der Waals surface area contributed by atoms with Crippen LogP contribution in [0, 0.1) is 0 Å². The molecule has 25 heavy (non-hydrogen) atoms. The fraction of sp³-hybridized carbons (Fsp3) is 0.438. The first-order valence-corrected chi connectivity index (χ1v) is 8.90. The van der Waals surface area contributed by atoms with Crippen LogP contribution in [0.1, 0.15) is 5.69 Å². The van der Waals surface area contributed by atoms with Gasteiger partial charge in [-0.25, -0.2) is 9.97 Å². The van der Waals surface area contributed by atoms with Gasteiger partial charge in [0.25, 0.3) is 0 Å². The van der Waals surface area contributed by atoms with Crippen LogP contribution in [0.2, 0.25) is 0 Å². The smallest absolute Gasteiger partial charge is 0.240 e. The molecule has 9 heteroatoms. The summed E-state index contributed by atoms with van der Waals surface area (Å²) in [4.78, 5) is 25.1. The third kappa shape index (κ3) is 5.64. The number of amides is 1.